The fourth-order valence-electron chi connectivity index (χ4n) is 3.53. The van der Waals surface area contributed by atoms with Crippen LogP contribution in [0.1, 0.15) is 28.9 Å². The molecular weight excluding hydrogens is 322 g/mol. The van der Waals surface area contributed by atoms with Gasteiger partial charge in [0.05, 0.1) is 5.69 Å². The summed E-state index contributed by atoms with van der Waals surface area (Å²) < 4.78 is 5.34. The standard InChI is InChI=1S/C18H21N3O2S/c1-12-11-23-18(19-12)24-15-4-2-14(3-5-15)17(22)20-16-10-21-8-6-13(16)7-9-21/h2-5,11,13,16H,6-10H2,1H3,(H,20,22). The third-order valence-electron chi connectivity index (χ3n) is 4.89. The van der Waals surface area contributed by atoms with Gasteiger partial charge in [-0.2, -0.15) is 0 Å². The minimum atomic E-state index is 0.0252. The van der Waals surface area contributed by atoms with Crippen LogP contribution in [-0.2, 0) is 0 Å². The fourth-order valence-corrected chi connectivity index (χ4v) is 4.29. The van der Waals surface area contributed by atoms with Gasteiger partial charge in [0.25, 0.3) is 11.1 Å². The molecule has 4 heterocycles. The highest BCUT2D eigenvalue weighted by molar-refractivity contribution is 7.99. The number of aryl methyl sites for hydroxylation is 1. The van der Waals surface area contributed by atoms with E-state index in [4.69, 9.17) is 4.42 Å². The molecule has 0 saturated carbocycles. The number of amides is 1. The second-order valence-electron chi connectivity index (χ2n) is 6.60. The Labute approximate surface area is 145 Å². The Kier molecular flexibility index (Phi) is 4.33. The molecule has 126 valence electrons. The molecule has 5 rings (SSSR count). The van der Waals surface area contributed by atoms with Gasteiger partial charge in [0.15, 0.2) is 0 Å². The van der Waals surface area contributed by atoms with Gasteiger partial charge in [0.1, 0.15) is 6.26 Å². The number of nitrogens with zero attached hydrogens (tertiary/aromatic N) is 2. The van der Waals surface area contributed by atoms with E-state index in [1.54, 1.807) is 6.26 Å². The lowest BCUT2D eigenvalue weighted by Crippen LogP contribution is -2.57. The smallest absolute Gasteiger partial charge is 0.260 e. The number of carbonyl (C=O) groups is 1. The summed E-state index contributed by atoms with van der Waals surface area (Å²) in [7, 11) is 0. The van der Waals surface area contributed by atoms with Crippen LogP contribution in [-0.4, -0.2) is 41.5 Å². The maximum absolute atomic E-state index is 12.5. The van der Waals surface area contributed by atoms with E-state index in [2.05, 4.69) is 15.2 Å². The van der Waals surface area contributed by atoms with Gasteiger partial charge in [-0.25, -0.2) is 4.98 Å². The van der Waals surface area contributed by atoms with Crippen LogP contribution >= 0.6 is 11.8 Å². The average Bonchev–Trinajstić information content (AvgIpc) is 3.01. The molecule has 1 unspecified atom stereocenters. The van der Waals surface area contributed by atoms with Crippen molar-refractivity contribution in [3.05, 3.63) is 41.8 Å². The lowest BCUT2D eigenvalue weighted by molar-refractivity contribution is 0.0620. The Bertz CT molecular complexity index is 720. The number of nitrogens with one attached hydrogen (secondary N) is 1. The van der Waals surface area contributed by atoms with Gasteiger partial charge in [-0.15, -0.1) is 0 Å². The van der Waals surface area contributed by atoms with E-state index in [9.17, 15) is 4.79 Å². The molecule has 0 radical (unpaired) electrons. The molecule has 2 bridgehead atoms. The molecule has 6 heteroatoms. The molecule has 3 fully saturated rings. The van der Waals surface area contributed by atoms with Gasteiger partial charge in [0.2, 0.25) is 0 Å². The second kappa shape index (κ2) is 6.61. The van der Waals surface area contributed by atoms with E-state index in [0.717, 1.165) is 17.1 Å². The van der Waals surface area contributed by atoms with Crippen LogP contribution in [0.15, 0.2) is 45.1 Å². The number of rotatable bonds is 4. The van der Waals surface area contributed by atoms with Crippen LogP contribution in [0, 0.1) is 12.8 Å². The topological polar surface area (TPSA) is 58.4 Å². The van der Waals surface area contributed by atoms with E-state index < -0.39 is 0 Å². The summed E-state index contributed by atoms with van der Waals surface area (Å²) in [5.41, 5.74) is 1.57. The molecule has 1 N–H and O–H groups in total. The predicted molar refractivity (Wildman–Crippen MR) is 92.2 cm³/mol. The van der Waals surface area contributed by atoms with Crippen molar-refractivity contribution in [2.24, 2.45) is 5.92 Å². The number of benzene rings is 1. The molecule has 0 aliphatic carbocycles. The van der Waals surface area contributed by atoms with Gasteiger partial charge in [-0.05, 0) is 74.8 Å². The maximum Gasteiger partial charge on any atom is 0.260 e. The van der Waals surface area contributed by atoms with Gasteiger partial charge in [-0.3, -0.25) is 4.79 Å². The normalized spacial score (nSPS) is 25.6. The first-order valence-electron chi connectivity index (χ1n) is 8.40. The van der Waals surface area contributed by atoms with E-state index >= 15 is 0 Å². The lowest BCUT2D eigenvalue weighted by Gasteiger charge is -2.44. The van der Waals surface area contributed by atoms with Crippen molar-refractivity contribution in [3.8, 4) is 0 Å². The number of fused-ring (bicyclic) bond motifs is 3. The Hall–Kier alpha value is -1.79. The number of aromatic nitrogens is 1. The third-order valence-corrected chi connectivity index (χ3v) is 5.76. The summed E-state index contributed by atoms with van der Waals surface area (Å²) >= 11 is 1.46. The minimum Gasteiger partial charge on any atom is -0.439 e. The summed E-state index contributed by atoms with van der Waals surface area (Å²) in [5.74, 6) is 0.666. The highest BCUT2D eigenvalue weighted by Gasteiger charge is 2.34. The van der Waals surface area contributed by atoms with E-state index in [0.29, 0.717) is 22.7 Å². The van der Waals surface area contributed by atoms with Crippen molar-refractivity contribution in [2.75, 3.05) is 19.6 Å². The van der Waals surface area contributed by atoms with Crippen molar-refractivity contribution < 1.29 is 9.21 Å². The molecule has 1 aromatic heterocycles. The Morgan fingerprint density at radius 1 is 1.29 bits per heavy atom. The maximum atomic E-state index is 12.5. The summed E-state index contributed by atoms with van der Waals surface area (Å²) in [6, 6.07) is 7.92. The first kappa shape index (κ1) is 15.7. The molecule has 1 aromatic carbocycles. The molecule has 3 aliphatic heterocycles. The van der Waals surface area contributed by atoms with Crippen molar-refractivity contribution in [2.45, 2.75) is 35.9 Å². The molecule has 5 nitrogen and oxygen atoms in total. The molecule has 3 aliphatic rings. The van der Waals surface area contributed by atoms with Gasteiger partial charge < -0.3 is 14.6 Å². The van der Waals surface area contributed by atoms with Gasteiger partial charge >= 0.3 is 0 Å². The molecule has 2 aromatic rings. The van der Waals surface area contributed by atoms with E-state index in [-0.39, 0.29) is 5.91 Å². The largest absolute Gasteiger partial charge is 0.439 e. The zero-order valence-electron chi connectivity index (χ0n) is 13.7. The van der Waals surface area contributed by atoms with Crippen LogP contribution in [0.5, 0.6) is 0 Å². The molecular formula is C18H21N3O2S. The highest BCUT2D eigenvalue weighted by Crippen LogP contribution is 2.29. The Morgan fingerprint density at radius 2 is 2.04 bits per heavy atom. The van der Waals surface area contributed by atoms with Crippen molar-refractivity contribution >= 4 is 17.7 Å². The molecule has 1 atom stereocenters. The highest BCUT2D eigenvalue weighted by atomic mass is 32.2. The lowest BCUT2D eigenvalue weighted by atomic mass is 9.84. The monoisotopic (exact) mass is 343 g/mol. The van der Waals surface area contributed by atoms with Crippen LogP contribution in [0.4, 0.5) is 0 Å². The van der Waals surface area contributed by atoms with Crippen LogP contribution in [0.2, 0.25) is 0 Å². The number of hydrogen-bond acceptors (Lipinski definition) is 5. The number of oxazole rings is 1. The number of hydrogen-bond donors (Lipinski definition) is 1. The first-order chi connectivity index (χ1) is 11.7. The second-order valence-corrected chi connectivity index (χ2v) is 7.62. The first-order valence-corrected chi connectivity index (χ1v) is 9.22. The predicted octanol–water partition coefficient (Wildman–Crippen LogP) is 2.96. The van der Waals surface area contributed by atoms with Crippen LogP contribution in [0.3, 0.4) is 0 Å². The molecule has 1 amide bonds. The Morgan fingerprint density at radius 3 is 2.62 bits per heavy atom. The van der Waals surface area contributed by atoms with Gasteiger partial charge in [-0.1, -0.05) is 0 Å². The molecule has 3 saturated heterocycles. The van der Waals surface area contributed by atoms with E-state index in [1.165, 1.54) is 37.7 Å². The minimum absolute atomic E-state index is 0.0252. The summed E-state index contributed by atoms with van der Waals surface area (Å²) in [6.07, 6.45) is 4.05. The van der Waals surface area contributed by atoms with Crippen molar-refractivity contribution in [3.63, 3.8) is 0 Å². The summed E-state index contributed by atoms with van der Waals surface area (Å²) in [6.45, 7) is 5.26. The zero-order chi connectivity index (χ0) is 16.5. The number of carbonyl (C=O) groups excluding carboxylic acids is 1. The van der Waals surface area contributed by atoms with Crippen molar-refractivity contribution in [1.29, 1.82) is 0 Å². The van der Waals surface area contributed by atoms with Crippen LogP contribution < -0.4 is 5.32 Å². The summed E-state index contributed by atoms with van der Waals surface area (Å²) in [5, 5.41) is 3.84. The quantitative estimate of drug-likeness (QED) is 0.925. The zero-order valence-corrected chi connectivity index (χ0v) is 14.5. The molecule has 0 spiro atoms. The van der Waals surface area contributed by atoms with Gasteiger partial charge in [0, 0.05) is 23.0 Å². The molecule has 24 heavy (non-hydrogen) atoms. The van der Waals surface area contributed by atoms with Crippen molar-refractivity contribution in [1.82, 2.24) is 15.2 Å². The Balaban J connectivity index is 1.38. The third kappa shape index (κ3) is 3.35. The average molecular weight is 343 g/mol. The van der Waals surface area contributed by atoms with Crippen LogP contribution in [0.25, 0.3) is 0 Å². The SMILES string of the molecule is Cc1coc(Sc2ccc(C(=O)NC3CN4CCC3CC4)cc2)n1. The van der Waals surface area contributed by atoms with E-state index in [1.807, 2.05) is 31.2 Å². The number of piperidine rings is 3. The fraction of sp³-hybridized carbons (Fsp3) is 0.444. The summed E-state index contributed by atoms with van der Waals surface area (Å²) in [4.78, 5) is 20.2.